The highest BCUT2D eigenvalue weighted by atomic mass is 32.2. The van der Waals surface area contributed by atoms with E-state index in [-0.39, 0.29) is 10.5 Å². The van der Waals surface area contributed by atoms with E-state index in [4.69, 9.17) is 0 Å². The van der Waals surface area contributed by atoms with Gasteiger partial charge in [0.05, 0.1) is 10.5 Å². The molecule has 4 rings (SSSR count). The molecule has 4 aliphatic rings. The van der Waals surface area contributed by atoms with Crippen molar-refractivity contribution in [2.24, 2.45) is 35.5 Å². The zero-order valence-corrected chi connectivity index (χ0v) is 12.9. The van der Waals surface area contributed by atoms with Crippen LogP contribution in [0.15, 0.2) is 0 Å². The summed E-state index contributed by atoms with van der Waals surface area (Å²) in [7, 11) is -2.88. The molecule has 0 aromatic carbocycles. The molecule has 4 bridgehead atoms. The van der Waals surface area contributed by atoms with E-state index in [0.29, 0.717) is 5.92 Å². The first-order valence-corrected chi connectivity index (χ1v) is 9.87. The second-order valence-electron chi connectivity index (χ2n) is 7.73. The van der Waals surface area contributed by atoms with Gasteiger partial charge < -0.3 is 0 Å². The van der Waals surface area contributed by atoms with Gasteiger partial charge in [0.25, 0.3) is 0 Å². The summed E-state index contributed by atoms with van der Waals surface area (Å²) in [4.78, 5) is 0. The summed E-state index contributed by atoms with van der Waals surface area (Å²) >= 11 is 0. The van der Waals surface area contributed by atoms with E-state index >= 15 is 0 Å². The molecule has 3 heteroatoms. The van der Waals surface area contributed by atoms with Crippen LogP contribution in [0.1, 0.15) is 52.4 Å². The first kappa shape index (κ1) is 12.7. The average molecular weight is 282 g/mol. The van der Waals surface area contributed by atoms with Gasteiger partial charge in [-0.2, -0.15) is 0 Å². The Bertz CT molecular complexity index is 483. The standard InChI is InChI=1S/C16H26O2S/c1-3-9(2)19(17,18)14-8-12-7-13(14)16-11-5-4-10(6-11)15(12)16/h9-16H,3-8H2,1-2H3. The first-order valence-electron chi connectivity index (χ1n) is 8.26. The molecule has 0 radical (unpaired) electrons. The van der Waals surface area contributed by atoms with Crippen LogP contribution in [0.3, 0.4) is 0 Å². The molecule has 0 spiro atoms. The summed E-state index contributed by atoms with van der Waals surface area (Å²) in [5.74, 6) is 4.86. The lowest BCUT2D eigenvalue weighted by atomic mass is 9.71. The maximum Gasteiger partial charge on any atom is 0.156 e. The third-order valence-electron chi connectivity index (χ3n) is 7.23. The van der Waals surface area contributed by atoms with Crippen molar-refractivity contribution < 1.29 is 8.42 Å². The van der Waals surface area contributed by atoms with Crippen LogP contribution >= 0.6 is 0 Å². The lowest BCUT2D eigenvalue weighted by molar-refractivity contribution is 0.147. The molecule has 0 amide bonds. The Kier molecular flexibility index (Phi) is 2.66. The van der Waals surface area contributed by atoms with Crippen LogP contribution in [0.5, 0.6) is 0 Å². The Hall–Kier alpha value is -0.0500. The van der Waals surface area contributed by atoms with Gasteiger partial charge in [-0.25, -0.2) is 8.42 Å². The fraction of sp³-hybridized carbons (Fsp3) is 1.00. The van der Waals surface area contributed by atoms with Gasteiger partial charge in [0.2, 0.25) is 0 Å². The van der Waals surface area contributed by atoms with Gasteiger partial charge in [0.15, 0.2) is 9.84 Å². The minimum Gasteiger partial charge on any atom is -0.228 e. The maximum atomic E-state index is 12.7. The van der Waals surface area contributed by atoms with Crippen LogP contribution in [0.2, 0.25) is 0 Å². The van der Waals surface area contributed by atoms with Gasteiger partial charge in [-0.15, -0.1) is 0 Å². The molecule has 19 heavy (non-hydrogen) atoms. The van der Waals surface area contributed by atoms with E-state index in [2.05, 4.69) is 0 Å². The van der Waals surface area contributed by atoms with Gasteiger partial charge in [0, 0.05) is 0 Å². The third-order valence-corrected chi connectivity index (χ3v) is 10.1. The second-order valence-corrected chi connectivity index (χ2v) is 10.3. The van der Waals surface area contributed by atoms with Crippen molar-refractivity contribution in [2.45, 2.75) is 62.9 Å². The van der Waals surface area contributed by atoms with Crippen molar-refractivity contribution in [2.75, 3.05) is 0 Å². The number of sulfone groups is 1. The molecule has 108 valence electrons. The molecule has 0 saturated heterocycles. The molecule has 0 N–H and O–H groups in total. The van der Waals surface area contributed by atoms with Gasteiger partial charge in [0.1, 0.15) is 0 Å². The summed E-state index contributed by atoms with van der Waals surface area (Å²) in [5.41, 5.74) is 0. The summed E-state index contributed by atoms with van der Waals surface area (Å²) in [6, 6.07) is 0. The highest BCUT2D eigenvalue weighted by Gasteiger charge is 2.64. The van der Waals surface area contributed by atoms with Crippen molar-refractivity contribution >= 4 is 9.84 Å². The molecule has 0 aliphatic heterocycles. The van der Waals surface area contributed by atoms with E-state index < -0.39 is 9.84 Å². The lowest BCUT2D eigenvalue weighted by Gasteiger charge is -2.39. The van der Waals surface area contributed by atoms with E-state index in [0.717, 1.165) is 42.4 Å². The van der Waals surface area contributed by atoms with E-state index in [1.165, 1.54) is 25.7 Å². The minimum absolute atomic E-state index is 0.0213. The summed E-state index contributed by atoms with van der Waals surface area (Å²) < 4.78 is 25.5. The summed E-state index contributed by atoms with van der Waals surface area (Å²) in [6.07, 6.45) is 7.28. The monoisotopic (exact) mass is 282 g/mol. The topological polar surface area (TPSA) is 34.1 Å². The SMILES string of the molecule is CCC(C)S(=O)(=O)C1CC2CC1C1C3CCC(C3)C21. The largest absolute Gasteiger partial charge is 0.228 e. The zero-order valence-electron chi connectivity index (χ0n) is 12.1. The Morgan fingerprint density at radius 2 is 1.68 bits per heavy atom. The molecule has 8 atom stereocenters. The summed E-state index contributed by atoms with van der Waals surface area (Å²) in [5, 5.41) is -0.109. The molecular weight excluding hydrogens is 256 g/mol. The van der Waals surface area contributed by atoms with Crippen LogP contribution in [0, 0.1) is 35.5 Å². The van der Waals surface area contributed by atoms with Crippen LogP contribution in [0.4, 0.5) is 0 Å². The molecule has 0 aromatic rings. The fourth-order valence-electron chi connectivity index (χ4n) is 6.41. The average Bonchev–Trinajstić information content (AvgIpc) is 3.13. The first-order chi connectivity index (χ1) is 9.04. The zero-order chi connectivity index (χ0) is 13.4. The molecular formula is C16H26O2S. The van der Waals surface area contributed by atoms with Gasteiger partial charge in [-0.1, -0.05) is 6.92 Å². The van der Waals surface area contributed by atoms with Crippen molar-refractivity contribution in [1.82, 2.24) is 0 Å². The molecule has 8 unspecified atom stereocenters. The Morgan fingerprint density at radius 1 is 1.00 bits per heavy atom. The Labute approximate surface area is 117 Å². The molecule has 2 nitrogen and oxygen atoms in total. The number of hydrogen-bond acceptors (Lipinski definition) is 2. The van der Waals surface area contributed by atoms with E-state index in [1.807, 2.05) is 13.8 Å². The number of fused-ring (bicyclic) bond motifs is 9. The van der Waals surface area contributed by atoms with Crippen molar-refractivity contribution in [3.8, 4) is 0 Å². The van der Waals surface area contributed by atoms with Crippen molar-refractivity contribution in [1.29, 1.82) is 0 Å². The third kappa shape index (κ3) is 1.51. The molecule has 4 fully saturated rings. The maximum absolute atomic E-state index is 12.7. The van der Waals surface area contributed by atoms with Crippen molar-refractivity contribution in [3.05, 3.63) is 0 Å². The number of rotatable bonds is 3. The van der Waals surface area contributed by atoms with Crippen LogP contribution in [-0.4, -0.2) is 18.9 Å². The molecule has 0 aromatic heterocycles. The fourth-order valence-corrected chi connectivity index (χ4v) is 8.77. The van der Waals surface area contributed by atoms with Gasteiger partial charge in [-0.05, 0) is 81.0 Å². The smallest absolute Gasteiger partial charge is 0.156 e. The highest BCUT2D eigenvalue weighted by Crippen LogP contribution is 2.68. The molecule has 4 aliphatic carbocycles. The predicted molar refractivity (Wildman–Crippen MR) is 76.5 cm³/mol. The van der Waals surface area contributed by atoms with Crippen LogP contribution < -0.4 is 0 Å². The number of hydrogen-bond donors (Lipinski definition) is 0. The van der Waals surface area contributed by atoms with Crippen molar-refractivity contribution in [3.63, 3.8) is 0 Å². The van der Waals surface area contributed by atoms with Gasteiger partial charge in [-0.3, -0.25) is 0 Å². The molecule has 4 saturated carbocycles. The predicted octanol–water partition coefficient (Wildman–Crippen LogP) is 3.27. The second kappa shape index (κ2) is 3.99. The van der Waals surface area contributed by atoms with Gasteiger partial charge >= 0.3 is 0 Å². The van der Waals surface area contributed by atoms with Crippen LogP contribution in [0.25, 0.3) is 0 Å². The Balaban J connectivity index is 1.63. The summed E-state index contributed by atoms with van der Waals surface area (Å²) in [6.45, 7) is 3.93. The Morgan fingerprint density at radius 3 is 2.37 bits per heavy atom. The highest BCUT2D eigenvalue weighted by molar-refractivity contribution is 7.92. The van der Waals surface area contributed by atoms with E-state index in [9.17, 15) is 8.42 Å². The quantitative estimate of drug-likeness (QED) is 0.745. The van der Waals surface area contributed by atoms with Crippen LogP contribution in [-0.2, 0) is 9.84 Å². The van der Waals surface area contributed by atoms with E-state index in [1.54, 1.807) is 0 Å². The molecule has 0 heterocycles. The normalized spacial score (nSPS) is 52.6. The lowest BCUT2D eigenvalue weighted by Crippen LogP contribution is -2.41. The minimum atomic E-state index is -2.88.